The Balaban J connectivity index is 1.24. The fourth-order valence-electron chi connectivity index (χ4n) is 4.29. The number of hydrogen-bond acceptors (Lipinski definition) is 8. The molecule has 1 fully saturated rings. The number of aromatic nitrogens is 2. The summed E-state index contributed by atoms with van der Waals surface area (Å²) >= 11 is 0. The highest BCUT2D eigenvalue weighted by Gasteiger charge is 2.29. The second-order valence-electron chi connectivity index (χ2n) is 8.72. The maximum absolute atomic E-state index is 13.1. The highest BCUT2D eigenvalue weighted by atomic mass is 16.7. The van der Waals surface area contributed by atoms with Gasteiger partial charge in [0.2, 0.25) is 24.4 Å². The summed E-state index contributed by atoms with van der Waals surface area (Å²) in [7, 11) is 3.24. The molecule has 184 valence electrons. The van der Waals surface area contributed by atoms with Gasteiger partial charge in [-0.2, -0.15) is 4.98 Å². The van der Waals surface area contributed by atoms with Gasteiger partial charge in [-0.05, 0) is 55.2 Å². The largest absolute Gasteiger partial charge is 0.493 e. The normalized spacial score (nSPS) is 14.5. The van der Waals surface area contributed by atoms with E-state index in [4.69, 9.17) is 23.5 Å². The number of fused-ring (bicyclic) bond motifs is 1. The third kappa shape index (κ3) is 5.03. The fraction of sp³-hybridized carbons (Fsp3) is 0.423. The van der Waals surface area contributed by atoms with Crippen LogP contribution in [-0.4, -0.2) is 55.0 Å². The molecule has 2 aliphatic rings. The zero-order chi connectivity index (χ0) is 24.2. The highest BCUT2D eigenvalue weighted by molar-refractivity contribution is 5.79. The van der Waals surface area contributed by atoms with Crippen LogP contribution in [0.5, 0.6) is 23.0 Å². The van der Waals surface area contributed by atoms with Crippen LogP contribution in [0.1, 0.15) is 30.7 Å². The molecular weight excluding hydrogens is 450 g/mol. The molecule has 1 aliphatic carbocycles. The van der Waals surface area contributed by atoms with Gasteiger partial charge in [0.05, 0.1) is 14.2 Å². The van der Waals surface area contributed by atoms with Gasteiger partial charge in [0.15, 0.2) is 23.0 Å². The highest BCUT2D eigenvalue weighted by Crippen LogP contribution is 2.35. The molecule has 0 saturated heterocycles. The summed E-state index contributed by atoms with van der Waals surface area (Å²) in [5, 5.41) is 4.11. The molecule has 0 radical (unpaired) electrons. The topological polar surface area (TPSA) is 96.2 Å². The molecule has 1 aliphatic heterocycles. The summed E-state index contributed by atoms with van der Waals surface area (Å²) in [5.74, 6) is 4.05. The zero-order valence-electron chi connectivity index (χ0n) is 20.0. The average molecular weight is 480 g/mol. The van der Waals surface area contributed by atoms with Gasteiger partial charge in [-0.3, -0.25) is 4.79 Å². The molecule has 0 bridgehead atoms. The fourth-order valence-corrected chi connectivity index (χ4v) is 4.29. The molecule has 1 amide bonds. The van der Waals surface area contributed by atoms with Crippen molar-refractivity contribution < 1.29 is 28.3 Å². The summed E-state index contributed by atoms with van der Waals surface area (Å²) < 4.78 is 27.0. The van der Waals surface area contributed by atoms with Crippen molar-refractivity contribution in [3.8, 4) is 34.4 Å². The van der Waals surface area contributed by atoms with Crippen LogP contribution in [0.4, 0.5) is 0 Å². The third-order valence-electron chi connectivity index (χ3n) is 6.58. The Morgan fingerprint density at radius 1 is 1.00 bits per heavy atom. The Labute approximate surface area is 203 Å². The number of methoxy groups -OCH3 is 2. The molecule has 2 aromatic carbocycles. The van der Waals surface area contributed by atoms with E-state index in [2.05, 4.69) is 10.1 Å². The minimum Gasteiger partial charge on any atom is -0.493 e. The van der Waals surface area contributed by atoms with E-state index in [9.17, 15) is 4.79 Å². The van der Waals surface area contributed by atoms with Crippen molar-refractivity contribution in [3.05, 3.63) is 47.9 Å². The quantitative estimate of drug-likeness (QED) is 0.432. The number of ether oxygens (including phenoxy) is 4. The van der Waals surface area contributed by atoms with Gasteiger partial charge < -0.3 is 28.4 Å². The number of rotatable bonds is 10. The molecule has 1 aromatic heterocycles. The SMILES string of the molecule is COc1ccc(CCN(CCc2nc(-c3ccc4c(c3)OCO4)no2)C(=O)C2CCC2)cc1OC. The number of benzene rings is 2. The van der Waals surface area contributed by atoms with Crippen LogP contribution < -0.4 is 18.9 Å². The number of hydrogen-bond donors (Lipinski definition) is 0. The lowest BCUT2D eigenvalue weighted by molar-refractivity contribution is -0.138. The average Bonchev–Trinajstić information content (AvgIpc) is 3.51. The maximum atomic E-state index is 13.1. The number of amides is 1. The summed E-state index contributed by atoms with van der Waals surface area (Å²) in [4.78, 5) is 19.6. The van der Waals surface area contributed by atoms with E-state index in [1.54, 1.807) is 14.2 Å². The second-order valence-corrected chi connectivity index (χ2v) is 8.72. The monoisotopic (exact) mass is 479 g/mol. The molecule has 3 aromatic rings. The first-order chi connectivity index (χ1) is 17.1. The van der Waals surface area contributed by atoms with Gasteiger partial charge in [0, 0.05) is 31.0 Å². The summed E-state index contributed by atoms with van der Waals surface area (Å²) in [6, 6.07) is 11.4. The molecule has 0 unspecified atom stereocenters. The first-order valence-corrected chi connectivity index (χ1v) is 11.9. The number of carbonyl (C=O) groups is 1. The Kier molecular flexibility index (Phi) is 6.74. The van der Waals surface area contributed by atoms with Crippen LogP contribution in [0.2, 0.25) is 0 Å². The van der Waals surface area contributed by atoms with Crippen molar-refractivity contribution >= 4 is 5.91 Å². The van der Waals surface area contributed by atoms with Gasteiger partial charge in [-0.15, -0.1) is 0 Å². The van der Waals surface area contributed by atoms with Crippen LogP contribution >= 0.6 is 0 Å². The van der Waals surface area contributed by atoms with Gasteiger partial charge >= 0.3 is 0 Å². The van der Waals surface area contributed by atoms with Crippen LogP contribution in [0.15, 0.2) is 40.9 Å². The van der Waals surface area contributed by atoms with Gasteiger partial charge in [0.1, 0.15) is 0 Å². The maximum Gasteiger partial charge on any atom is 0.231 e. The van der Waals surface area contributed by atoms with Gasteiger partial charge in [-0.25, -0.2) is 0 Å². The molecule has 5 rings (SSSR count). The first kappa shape index (κ1) is 23.0. The van der Waals surface area contributed by atoms with Crippen molar-refractivity contribution in [2.24, 2.45) is 5.92 Å². The molecule has 0 atom stereocenters. The molecule has 2 heterocycles. The van der Waals surface area contributed by atoms with E-state index >= 15 is 0 Å². The van der Waals surface area contributed by atoms with Crippen molar-refractivity contribution in [3.63, 3.8) is 0 Å². The number of nitrogens with zero attached hydrogens (tertiary/aromatic N) is 3. The Bertz CT molecular complexity index is 1190. The number of carbonyl (C=O) groups excluding carboxylic acids is 1. The van der Waals surface area contributed by atoms with Gasteiger partial charge in [0.25, 0.3) is 0 Å². The van der Waals surface area contributed by atoms with E-state index in [0.29, 0.717) is 60.6 Å². The summed E-state index contributed by atoms with van der Waals surface area (Å²) in [5.41, 5.74) is 1.87. The van der Waals surface area contributed by atoms with Crippen LogP contribution in [-0.2, 0) is 17.6 Å². The molecule has 1 saturated carbocycles. The summed E-state index contributed by atoms with van der Waals surface area (Å²) in [6.45, 7) is 1.34. The van der Waals surface area contributed by atoms with Crippen molar-refractivity contribution in [1.29, 1.82) is 0 Å². The first-order valence-electron chi connectivity index (χ1n) is 11.9. The van der Waals surface area contributed by atoms with Crippen LogP contribution in [0.3, 0.4) is 0 Å². The predicted molar refractivity (Wildman–Crippen MR) is 127 cm³/mol. The predicted octanol–water partition coefficient (Wildman–Crippen LogP) is 3.90. The molecule has 9 heteroatoms. The molecular formula is C26H29N3O6. The van der Waals surface area contributed by atoms with Crippen LogP contribution in [0.25, 0.3) is 11.4 Å². The van der Waals surface area contributed by atoms with E-state index in [1.807, 2.05) is 41.3 Å². The van der Waals surface area contributed by atoms with Gasteiger partial charge in [-0.1, -0.05) is 17.6 Å². The van der Waals surface area contributed by atoms with Crippen molar-refractivity contribution in [2.75, 3.05) is 34.1 Å². The van der Waals surface area contributed by atoms with Crippen LogP contribution in [0, 0.1) is 5.92 Å². The van der Waals surface area contributed by atoms with E-state index < -0.39 is 0 Å². The third-order valence-corrected chi connectivity index (χ3v) is 6.58. The lowest BCUT2D eigenvalue weighted by Gasteiger charge is -2.31. The minimum absolute atomic E-state index is 0.118. The van der Waals surface area contributed by atoms with Crippen molar-refractivity contribution in [1.82, 2.24) is 15.0 Å². The zero-order valence-corrected chi connectivity index (χ0v) is 20.0. The van der Waals surface area contributed by atoms with E-state index in [-0.39, 0.29) is 18.6 Å². The standard InChI is InChI=1S/C26H29N3O6/c1-31-20-8-6-17(14-22(20)32-2)10-12-29(26(30)18-4-3-5-18)13-11-24-27-25(28-35-24)19-7-9-21-23(15-19)34-16-33-21/h6-9,14-15,18H,3-5,10-13,16H2,1-2H3. The molecule has 0 spiro atoms. The van der Waals surface area contributed by atoms with E-state index in [0.717, 1.165) is 30.4 Å². The lowest BCUT2D eigenvalue weighted by Crippen LogP contribution is -2.41. The van der Waals surface area contributed by atoms with Crippen molar-refractivity contribution in [2.45, 2.75) is 32.1 Å². The Morgan fingerprint density at radius 2 is 1.80 bits per heavy atom. The lowest BCUT2D eigenvalue weighted by atomic mass is 9.84. The smallest absolute Gasteiger partial charge is 0.231 e. The molecule has 35 heavy (non-hydrogen) atoms. The van der Waals surface area contributed by atoms with E-state index in [1.165, 1.54) is 0 Å². The molecule has 9 nitrogen and oxygen atoms in total. The minimum atomic E-state index is 0.118. The molecule has 0 N–H and O–H groups in total. The second kappa shape index (κ2) is 10.2. The Morgan fingerprint density at radius 3 is 2.57 bits per heavy atom. The Hall–Kier alpha value is -3.75. The summed E-state index contributed by atoms with van der Waals surface area (Å²) in [6.07, 6.45) is 4.23.